The quantitative estimate of drug-likeness (QED) is 0.176. The zero-order valence-electron chi connectivity index (χ0n) is 29.9. The zero-order chi connectivity index (χ0) is 36.2. The van der Waals surface area contributed by atoms with Gasteiger partial charge in [-0.1, -0.05) is 24.3 Å². The molecule has 5 aromatic rings. The zero-order valence-corrected chi connectivity index (χ0v) is 29.9. The number of nitrogens with zero attached hydrogens (tertiary/aromatic N) is 6. The van der Waals surface area contributed by atoms with Gasteiger partial charge < -0.3 is 18.8 Å². The highest BCUT2D eigenvalue weighted by Crippen LogP contribution is 2.39. The van der Waals surface area contributed by atoms with Crippen LogP contribution in [0.25, 0.3) is 45.1 Å². The first-order valence-electron chi connectivity index (χ1n) is 17.3. The number of fused-ring (bicyclic) bond motifs is 2. The van der Waals surface area contributed by atoms with Crippen LogP contribution in [0.1, 0.15) is 60.9 Å². The highest BCUT2D eigenvalue weighted by atomic mass is 16.4. The number of carbonyl (C=O) groups is 2. The lowest BCUT2D eigenvalue weighted by molar-refractivity contribution is -0.147. The second kappa shape index (κ2) is 13.1. The Morgan fingerprint density at radius 1 is 1.00 bits per heavy atom. The van der Waals surface area contributed by atoms with Gasteiger partial charge in [0.1, 0.15) is 23.0 Å². The monoisotopic (exact) mass is 686 g/mol. The molecule has 0 radical (unpaired) electrons. The third-order valence-electron chi connectivity index (χ3n) is 10.6. The fraction of sp³-hybridized carbons (Fsp3) is 0.375. The summed E-state index contributed by atoms with van der Waals surface area (Å²) < 4.78 is 12.5. The molecule has 11 nitrogen and oxygen atoms in total. The molecule has 1 fully saturated rings. The molecule has 0 aliphatic carbocycles. The van der Waals surface area contributed by atoms with Gasteiger partial charge in [-0.05, 0) is 107 Å². The summed E-state index contributed by atoms with van der Waals surface area (Å²) >= 11 is 0. The summed E-state index contributed by atoms with van der Waals surface area (Å²) in [5.74, 6) is 0.967. The molecule has 2 aliphatic rings. The first kappa shape index (κ1) is 34.2. The summed E-state index contributed by atoms with van der Waals surface area (Å²) in [6.45, 7) is 12.9. The summed E-state index contributed by atoms with van der Waals surface area (Å²) in [7, 11) is 1.95. The Morgan fingerprint density at radius 2 is 1.65 bits per heavy atom. The van der Waals surface area contributed by atoms with Crippen molar-refractivity contribution in [1.82, 2.24) is 24.7 Å². The second-order valence-electron chi connectivity index (χ2n) is 14.6. The van der Waals surface area contributed by atoms with Gasteiger partial charge in [0.25, 0.3) is 0 Å². The van der Waals surface area contributed by atoms with E-state index in [1.54, 1.807) is 11.8 Å². The maximum absolute atomic E-state index is 12.9. The number of likely N-dealkylation sites (tertiary alicyclic amines) is 1. The van der Waals surface area contributed by atoms with Crippen molar-refractivity contribution in [1.29, 1.82) is 5.26 Å². The molecule has 4 heterocycles. The molecule has 262 valence electrons. The van der Waals surface area contributed by atoms with Crippen LogP contribution < -0.4 is 0 Å². The van der Waals surface area contributed by atoms with Crippen LogP contribution in [0.2, 0.25) is 0 Å². The molecule has 1 N–H and O–H groups in total. The number of aromatic nitrogens is 2. The number of carboxylic acid groups (broad SMARTS) is 1. The van der Waals surface area contributed by atoms with E-state index < -0.39 is 11.4 Å². The molecule has 1 saturated heterocycles. The van der Waals surface area contributed by atoms with Gasteiger partial charge in [0.2, 0.25) is 17.7 Å². The van der Waals surface area contributed by atoms with Crippen molar-refractivity contribution in [2.45, 2.75) is 66.7 Å². The third-order valence-corrected chi connectivity index (χ3v) is 10.6. The van der Waals surface area contributed by atoms with Crippen LogP contribution >= 0.6 is 0 Å². The first-order valence-corrected chi connectivity index (χ1v) is 17.3. The van der Waals surface area contributed by atoms with Gasteiger partial charge in [-0.2, -0.15) is 5.26 Å². The van der Waals surface area contributed by atoms with E-state index in [4.69, 9.17) is 18.8 Å². The molecular weight excluding hydrogens is 644 g/mol. The molecule has 51 heavy (non-hydrogen) atoms. The van der Waals surface area contributed by atoms with Crippen molar-refractivity contribution in [3.8, 4) is 40.1 Å². The van der Waals surface area contributed by atoms with Gasteiger partial charge >= 0.3 is 5.97 Å². The summed E-state index contributed by atoms with van der Waals surface area (Å²) in [5, 5.41) is 19.7. The lowest BCUT2D eigenvalue weighted by Gasteiger charge is -2.23. The van der Waals surface area contributed by atoms with Gasteiger partial charge in [-0.3, -0.25) is 19.4 Å². The number of likely N-dealkylation sites (N-methyl/N-ethyl adjacent to an activating group) is 1. The number of amides is 1. The largest absolute Gasteiger partial charge is 0.481 e. The molecule has 0 bridgehead atoms. The summed E-state index contributed by atoms with van der Waals surface area (Å²) in [5.41, 5.74) is 8.06. The molecule has 0 unspecified atom stereocenters. The minimum absolute atomic E-state index is 0.0601. The van der Waals surface area contributed by atoms with Crippen molar-refractivity contribution in [3.63, 3.8) is 0 Å². The molecule has 1 atom stereocenters. The van der Waals surface area contributed by atoms with E-state index in [-0.39, 0.29) is 11.9 Å². The predicted molar refractivity (Wildman–Crippen MR) is 192 cm³/mol. The predicted octanol–water partition coefficient (Wildman–Crippen LogP) is 6.78. The maximum Gasteiger partial charge on any atom is 0.310 e. The van der Waals surface area contributed by atoms with Crippen LogP contribution in [-0.2, 0) is 29.2 Å². The fourth-order valence-electron chi connectivity index (χ4n) is 7.15. The van der Waals surface area contributed by atoms with Crippen LogP contribution in [-0.4, -0.2) is 74.4 Å². The number of benzene rings is 3. The summed E-state index contributed by atoms with van der Waals surface area (Å²) in [4.78, 5) is 40.2. The normalized spacial score (nSPS) is 17.5. The van der Waals surface area contributed by atoms with Gasteiger partial charge in [-0.25, -0.2) is 9.97 Å². The highest BCUT2D eigenvalue weighted by molar-refractivity contribution is 5.85. The molecule has 2 aromatic heterocycles. The number of nitriles is 1. The Balaban J connectivity index is 1.15. The van der Waals surface area contributed by atoms with Crippen LogP contribution in [0.4, 0.5) is 0 Å². The Bertz CT molecular complexity index is 2200. The van der Waals surface area contributed by atoms with Crippen LogP contribution in [0, 0.1) is 30.6 Å². The standard InChI is InChI=1S/C40H42N6O5/c1-23(2)44(6)21-35(47)46-19-33-34(20-46)50-37(43-33)30-11-7-9-28(24(30)3)29-10-8-12-31(25(29)4)38-42-32-16-26(15-27(17-41)36(32)51-38)18-45-14-13-40(5,22-45)39(48)49/h7-12,15-16,23H,13-14,18-22H2,1-6H3,(H,48,49)/t40-/m1/s1. The van der Waals surface area contributed by atoms with E-state index in [0.29, 0.717) is 74.1 Å². The van der Waals surface area contributed by atoms with Crippen molar-refractivity contribution >= 4 is 23.0 Å². The summed E-state index contributed by atoms with van der Waals surface area (Å²) in [6.07, 6.45) is 0.583. The van der Waals surface area contributed by atoms with E-state index in [9.17, 15) is 20.0 Å². The average molecular weight is 687 g/mol. The van der Waals surface area contributed by atoms with E-state index in [1.807, 2.05) is 55.3 Å². The minimum atomic E-state index is -0.786. The third kappa shape index (κ3) is 6.30. The van der Waals surface area contributed by atoms with Crippen molar-refractivity contribution < 1.29 is 23.5 Å². The van der Waals surface area contributed by atoms with E-state index in [1.165, 1.54) is 0 Å². The summed E-state index contributed by atoms with van der Waals surface area (Å²) in [6, 6.07) is 18.4. The molecule has 1 amide bonds. The Kier molecular flexibility index (Phi) is 8.77. The second-order valence-corrected chi connectivity index (χ2v) is 14.6. The number of oxazole rings is 2. The number of hydrogen-bond acceptors (Lipinski definition) is 9. The first-order chi connectivity index (χ1) is 24.3. The number of rotatable bonds is 9. The van der Waals surface area contributed by atoms with Gasteiger partial charge in [0.15, 0.2) is 5.58 Å². The minimum Gasteiger partial charge on any atom is -0.481 e. The fourth-order valence-corrected chi connectivity index (χ4v) is 7.15. The maximum atomic E-state index is 12.9. The number of aliphatic carboxylic acids is 1. The van der Waals surface area contributed by atoms with E-state index in [0.717, 1.165) is 50.4 Å². The average Bonchev–Trinajstić information content (AvgIpc) is 3.88. The Labute approximate surface area is 297 Å². The van der Waals surface area contributed by atoms with Gasteiger partial charge in [0.05, 0.1) is 30.6 Å². The van der Waals surface area contributed by atoms with Crippen LogP contribution in [0.15, 0.2) is 57.4 Å². The number of hydrogen-bond donors (Lipinski definition) is 1. The molecule has 0 saturated carbocycles. The number of carbonyl (C=O) groups excluding carboxylic acids is 1. The van der Waals surface area contributed by atoms with Crippen molar-refractivity contribution in [2.24, 2.45) is 5.41 Å². The van der Waals surface area contributed by atoms with E-state index in [2.05, 4.69) is 43.9 Å². The smallest absolute Gasteiger partial charge is 0.310 e. The van der Waals surface area contributed by atoms with Gasteiger partial charge in [-0.15, -0.1) is 0 Å². The topological polar surface area (TPSA) is 140 Å². The van der Waals surface area contributed by atoms with Crippen LogP contribution in [0.3, 0.4) is 0 Å². The highest BCUT2D eigenvalue weighted by Gasteiger charge is 2.40. The molecule has 2 aliphatic heterocycles. The lowest BCUT2D eigenvalue weighted by Crippen LogP contribution is -2.38. The molecule has 3 aromatic carbocycles. The van der Waals surface area contributed by atoms with Crippen molar-refractivity contribution in [2.75, 3.05) is 26.7 Å². The molecule has 11 heteroatoms. The van der Waals surface area contributed by atoms with Gasteiger partial charge in [0, 0.05) is 30.3 Å². The lowest BCUT2D eigenvalue weighted by atomic mass is 9.90. The molecule has 0 spiro atoms. The SMILES string of the molecule is Cc1c(-c2nc3c(o2)CN(C(=O)CN(C)C(C)C)C3)cccc1-c1cccc(-c2nc3cc(CN4CC[C@@](C)(C(=O)O)C4)cc(C#N)c3o2)c1C. The number of carboxylic acids is 1. The van der Waals surface area contributed by atoms with Crippen molar-refractivity contribution in [3.05, 3.63) is 82.2 Å². The van der Waals surface area contributed by atoms with E-state index >= 15 is 0 Å². The molecule has 7 rings (SSSR count). The molecular formula is C40H42N6O5. The Hall–Kier alpha value is -5.31. The van der Waals surface area contributed by atoms with Crippen LogP contribution in [0.5, 0.6) is 0 Å². The Morgan fingerprint density at radius 3 is 2.24 bits per heavy atom.